The van der Waals surface area contributed by atoms with Gasteiger partial charge >= 0.3 is 5.97 Å². The Balaban J connectivity index is 1.35. The van der Waals surface area contributed by atoms with Crippen molar-refractivity contribution in [2.45, 2.75) is 25.7 Å². The number of furan rings is 1. The molecule has 0 spiro atoms. The Hall–Kier alpha value is -3.67. The second kappa shape index (κ2) is 7.99. The summed E-state index contributed by atoms with van der Waals surface area (Å²) in [6.45, 7) is -1.12. The molecule has 1 aliphatic heterocycles. The van der Waals surface area contributed by atoms with E-state index in [1.165, 1.54) is 0 Å². The van der Waals surface area contributed by atoms with Gasteiger partial charge in [0.1, 0.15) is 23.9 Å². The molecule has 4 rings (SSSR count). The quantitative estimate of drug-likeness (QED) is 0.590. The molecular weight excluding hydrogens is 390 g/mol. The zero-order valence-electron chi connectivity index (χ0n) is 16.1. The molecule has 2 unspecified atom stereocenters. The first-order chi connectivity index (χ1) is 14.5. The van der Waals surface area contributed by atoms with E-state index in [2.05, 4.69) is 5.32 Å². The molecular formula is C21H19N3O6. The van der Waals surface area contributed by atoms with Crippen molar-refractivity contribution in [3.8, 4) is 6.07 Å². The summed E-state index contributed by atoms with van der Waals surface area (Å²) in [6.07, 6.45) is 3.10. The third-order valence-electron chi connectivity index (χ3n) is 5.55. The number of hydrogen-bond acceptors (Lipinski definition) is 7. The van der Waals surface area contributed by atoms with Gasteiger partial charge in [-0.2, -0.15) is 5.26 Å². The number of esters is 1. The summed E-state index contributed by atoms with van der Waals surface area (Å²) in [5, 5.41) is 12.3. The molecule has 2 fully saturated rings. The van der Waals surface area contributed by atoms with E-state index in [0.717, 1.165) is 17.7 Å². The first-order valence-corrected chi connectivity index (χ1v) is 9.72. The van der Waals surface area contributed by atoms with Crippen LogP contribution in [-0.4, -0.2) is 41.7 Å². The van der Waals surface area contributed by atoms with Crippen LogP contribution in [0.15, 0.2) is 28.7 Å². The minimum absolute atomic E-state index is 0.0632. The summed E-state index contributed by atoms with van der Waals surface area (Å²) in [4.78, 5) is 50.1. The highest BCUT2D eigenvalue weighted by Gasteiger charge is 2.48. The molecule has 30 heavy (non-hydrogen) atoms. The average molecular weight is 409 g/mol. The summed E-state index contributed by atoms with van der Waals surface area (Å²) >= 11 is 0. The van der Waals surface area contributed by atoms with E-state index in [0.29, 0.717) is 23.8 Å². The normalized spacial score (nSPS) is 20.7. The van der Waals surface area contributed by atoms with Gasteiger partial charge in [-0.25, -0.2) is 0 Å². The van der Waals surface area contributed by atoms with Crippen LogP contribution in [-0.2, 0) is 23.9 Å². The van der Waals surface area contributed by atoms with E-state index < -0.39 is 25.0 Å². The monoisotopic (exact) mass is 409 g/mol. The molecule has 9 nitrogen and oxygen atoms in total. The van der Waals surface area contributed by atoms with Gasteiger partial charge < -0.3 is 14.5 Å². The van der Waals surface area contributed by atoms with Gasteiger partial charge in [0.05, 0.1) is 11.8 Å². The second-order valence-corrected chi connectivity index (χ2v) is 7.38. The van der Waals surface area contributed by atoms with Crippen LogP contribution in [0.4, 0.5) is 5.69 Å². The predicted molar refractivity (Wildman–Crippen MR) is 103 cm³/mol. The van der Waals surface area contributed by atoms with Crippen LogP contribution in [0.1, 0.15) is 31.4 Å². The number of rotatable bonds is 5. The number of ether oxygens (including phenoxy) is 1. The van der Waals surface area contributed by atoms with Gasteiger partial charge in [0, 0.05) is 5.39 Å². The number of hydrogen-bond donors (Lipinski definition) is 1. The minimum Gasteiger partial charge on any atom is -0.454 e. The largest absolute Gasteiger partial charge is 0.454 e. The van der Waals surface area contributed by atoms with Gasteiger partial charge in [0.2, 0.25) is 17.6 Å². The Morgan fingerprint density at radius 1 is 1.17 bits per heavy atom. The van der Waals surface area contributed by atoms with Crippen LogP contribution in [0.5, 0.6) is 0 Å². The number of likely N-dealkylation sites (tertiary alicyclic amines) is 1. The molecule has 1 aliphatic carbocycles. The maximum absolute atomic E-state index is 12.4. The molecule has 2 atom stereocenters. The number of carbonyl (C=O) groups is 4. The van der Waals surface area contributed by atoms with Gasteiger partial charge in [-0.3, -0.25) is 24.1 Å². The molecule has 3 amide bonds. The molecule has 2 aliphatic rings. The van der Waals surface area contributed by atoms with Crippen LogP contribution >= 0.6 is 0 Å². The molecule has 154 valence electrons. The lowest BCUT2D eigenvalue weighted by Crippen LogP contribution is -2.37. The lowest BCUT2D eigenvalue weighted by Gasteiger charge is -2.19. The molecule has 1 aromatic heterocycles. The van der Waals surface area contributed by atoms with Crippen molar-refractivity contribution in [2.24, 2.45) is 11.8 Å². The van der Waals surface area contributed by atoms with Crippen molar-refractivity contribution < 1.29 is 28.3 Å². The van der Waals surface area contributed by atoms with Crippen molar-refractivity contribution >= 4 is 40.3 Å². The third kappa shape index (κ3) is 3.52. The van der Waals surface area contributed by atoms with Crippen LogP contribution in [0.25, 0.3) is 11.0 Å². The number of anilines is 1. The number of carbonyl (C=O) groups excluding carboxylic acids is 4. The molecule has 1 saturated heterocycles. The first-order valence-electron chi connectivity index (χ1n) is 9.72. The number of fused-ring (bicyclic) bond motifs is 2. The first kappa shape index (κ1) is 19.6. The molecule has 2 heterocycles. The van der Waals surface area contributed by atoms with Crippen molar-refractivity contribution in [1.82, 2.24) is 4.90 Å². The van der Waals surface area contributed by atoms with Crippen molar-refractivity contribution in [1.29, 1.82) is 5.26 Å². The summed E-state index contributed by atoms with van der Waals surface area (Å²) in [5.41, 5.74) is 0.636. The van der Waals surface area contributed by atoms with E-state index in [9.17, 15) is 24.4 Å². The summed E-state index contributed by atoms with van der Waals surface area (Å²) < 4.78 is 10.3. The van der Waals surface area contributed by atoms with Gasteiger partial charge in [-0.1, -0.05) is 25.0 Å². The second-order valence-electron chi connectivity index (χ2n) is 7.38. The van der Waals surface area contributed by atoms with Crippen LogP contribution in [0.3, 0.4) is 0 Å². The van der Waals surface area contributed by atoms with Gasteiger partial charge in [-0.15, -0.1) is 0 Å². The minimum atomic E-state index is -0.844. The smallest absolute Gasteiger partial charge is 0.326 e. The summed E-state index contributed by atoms with van der Waals surface area (Å²) in [7, 11) is 0. The fraction of sp³-hybridized carbons (Fsp3) is 0.381. The van der Waals surface area contributed by atoms with Gasteiger partial charge in [-0.05, 0) is 25.0 Å². The number of benzene rings is 1. The third-order valence-corrected chi connectivity index (χ3v) is 5.55. The predicted octanol–water partition coefficient (Wildman–Crippen LogP) is 1.96. The lowest BCUT2D eigenvalue weighted by atomic mass is 9.81. The highest BCUT2D eigenvalue weighted by atomic mass is 16.5. The van der Waals surface area contributed by atoms with Crippen molar-refractivity contribution in [3.05, 3.63) is 30.0 Å². The van der Waals surface area contributed by atoms with E-state index in [1.54, 1.807) is 24.3 Å². The Bertz CT molecular complexity index is 1060. The van der Waals surface area contributed by atoms with Gasteiger partial charge in [0.15, 0.2) is 6.61 Å². The molecule has 1 aromatic carbocycles. The van der Waals surface area contributed by atoms with E-state index in [1.807, 2.05) is 6.07 Å². The lowest BCUT2D eigenvalue weighted by molar-refractivity contribution is -0.154. The fourth-order valence-corrected chi connectivity index (χ4v) is 4.13. The van der Waals surface area contributed by atoms with Crippen LogP contribution in [0.2, 0.25) is 0 Å². The highest BCUT2D eigenvalue weighted by molar-refractivity contribution is 6.07. The standard InChI is InChI=1S/C21H19N3O6/c22-9-16-19(14-7-3-4-8-15(14)30-16)23-17(25)11-29-18(26)10-24-20(27)12-5-1-2-6-13(12)21(24)28/h3-4,7-8,12-13H,1-2,5-6,10-11H2,(H,23,25). The Kier molecular flexibility index (Phi) is 5.23. The molecule has 0 bridgehead atoms. The topological polar surface area (TPSA) is 130 Å². The van der Waals surface area contributed by atoms with E-state index in [-0.39, 0.29) is 35.1 Å². The van der Waals surface area contributed by atoms with Gasteiger partial charge in [0.25, 0.3) is 5.91 Å². The van der Waals surface area contributed by atoms with Crippen molar-refractivity contribution in [2.75, 3.05) is 18.5 Å². The van der Waals surface area contributed by atoms with E-state index in [4.69, 9.17) is 9.15 Å². The van der Waals surface area contributed by atoms with Crippen LogP contribution in [0, 0.1) is 23.2 Å². The number of nitrogens with zero attached hydrogens (tertiary/aromatic N) is 2. The molecule has 2 aromatic rings. The van der Waals surface area contributed by atoms with E-state index >= 15 is 0 Å². The summed E-state index contributed by atoms with van der Waals surface area (Å²) in [6, 6.07) is 8.68. The number of nitrogens with one attached hydrogen (secondary N) is 1. The van der Waals surface area contributed by atoms with Crippen molar-refractivity contribution in [3.63, 3.8) is 0 Å². The SMILES string of the molecule is N#Cc1oc2ccccc2c1NC(=O)COC(=O)CN1C(=O)C2CCCCC2C1=O. The number of para-hydroxylation sites is 1. The fourth-order valence-electron chi connectivity index (χ4n) is 4.13. The molecule has 1 saturated carbocycles. The maximum Gasteiger partial charge on any atom is 0.326 e. The Labute approximate surface area is 171 Å². The average Bonchev–Trinajstić information content (AvgIpc) is 3.23. The summed E-state index contributed by atoms with van der Waals surface area (Å²) in [5.74, 6) is -2.94. The van der Waals surface area contributed by atoms with Crippen LogP contribution < -0.4 is 5.32 Å². The number of amides is 3. The zero-order chi connectivity index (χ0) is 21.3. The number of imide groups is 1. The maximum atomic E-state index is 12.4. The number of nitriles is 1. The molecule has 1 N–H and O–H groups in total. The molecule has 0 radical (unpaired) electrons. The molecule has 9 heteroatoms. The Morgan fingerprint density at radius 3 is 2.50 bits per heavy atom. The Morgan fingerprint density at radius 2 is 1.83 bits per heavy atom. The zero-order valence-corrected chi connectivity index (χ0v) is 16.1. The highest BCUT2D eigenvalue weighted by Crippen LogP contribution is 2.37.